The Hall–Kier alpha value is -1.14. The zero-order valence-electron chi connectivity index (χ0n) is 12.3. The van der Waals surface area contributed by atoms with Crippen LogP contribution in [0.4, 0.5) is 11.4 Å². The van der Waals surface area contributed by atoms with E-state index in [2.05, 4.69) is 49.7 Å². The number of nitrogens with two attached hydrogens (primary N) is 1. The van der Waals surface area contributed by atoms with Gasteiger partial charge in [-0.15, -0.1) is 11.8 Å². The molecule has 0 amide bonds. The number of hydrogen-bond acceptors (Lipinski definition) is 4. The Morgan fingerprint density at radius 1 is 1.43 bits per heavy atom. The van der Waals surface area contributed by atoms with Crippen LogP contribution >= 0.6 is 27.7 Å². The lowest BCUT2D eigenvalue weighted by Gasteiger charge is -2.31. The van der Waals surface area contributed by atoms with Crippen molar-refractivity contribution in [3.63, 3.8) is 0 Å². The lowest BCUT2D eigenvalue weighted by Crippen LogP contribution is -2.30. The van der Waals surface area contributed by atoms with Crippen molar-refractivity contribution >= 4 is 39.1 Å². The Bertz CT molecular complexity index is 668. The minimum atomic E-state index is 0.820. The summed E-state index contributed by atoms with van der Waals surface area (Å²) in [4.78, 5) is 3.71. The summed E-state index contributed by atoms with van der Waals surface area (Å²) in [5, 5.41) is 4.58. The second kappa shape index (κ2) is 5.93. The smallest absolute Gasteiger partial charge is 0.0739 e. The van der Waals surface area contributed by atoms with Crippen LogP contribution in [0, 0.1) is 6.92 Å². The fraction of sp³-hybridized carbons (Fsp3) is 0.400. The molecule has 2 heterocycles. The van der Waals surface area contributed by atoms with Gasteiger partial charge < -0.3 is 10.6 Å². The quantitative estimate of drug-likeness (QED) is 0.841. The van der Waals surface area contributed by atoms with Crippen molar-refractivity contribution < 1.29 is 0 Å². The second-order valence-corrected chi connectivity index (χ2v) is 7.09. The Labute approximate surface area is 137 Å². The van der Waals surface area contributed by atoms with Gasteiger partial charge in [-0.25, -0.2) is 0 Å². The average Bonchev–Trinajstić information content (AvgIpc) is 2.75. The number of nitrogens with zero attached hydrogens (tertiary/aromatic N) is 3. The number of fused-ring (bicyclic) bond motifs is 1. The molecule has 0 aliphatic carbocycles. The predicted molar refractivity (Wildman–Crippen MR) is 93.0 cm³/mol. The van der Waals surface area contributed by atoms with E-state index in [4.69, 9.17) is 5.73 Å². The van der Waals surface area contributed by atoms with E-state index in [9.17, 15) is 0 Å². The largest absolute Gasteiger partial charge is 0.399 e. The van der Waals surface area contributed by atoms with Gasteiger partial charge in [-0.2, -0.15) is 5.10 Å². The first kappa shape index (κ1) is 14.8. The molecule has 0 saturated heterocycles. The molecule has 112 valence electrons. The van der Waals surface area contributed by atoms with Crippen molar-refractivity contribution in [2.45, 2.75) is 31.8 Å². The summed E-state index contributed by atoms with van der Waals surface area (Å²) < 4.78 is 3.20. The highest BCUT2D eigenvalue weighted by atomic mass is 79.9. The molecule has 0 bridgehead atoms. The third-order valence-corrected chi connectivity index (χ3v) is 5.81. The fourth-order valence-corrected chi connectivity index (χ4v) is 4.10. The van der Waals surface area contributed by atoms with Gasteiger partial charge in [0.2, 0.25) is 0 Å². The van der Waals surface area contributed by atoms with Gasteiger partial charge in [-0.3, -0.25) is 4.68 Å². The highest BCUT2D eigenvalue weighted by Crippen LogP contribution is 2.37. The summed E-state index contributed by atoms with van der Waals surface area (Å²) in [7, 11) is 0. The number of aromatic nitrogens is 2. The molecule has 0 spiro atoms. The van der Waals surface area contributed by atoms with E-state index >= 15 is 0 Å². The van der Waals surface area contributed by atoms with Gasteiger partial charge in [0, 0.05) is 29.4 Å². The third-order valence-electron chi connectivity index (χ3n) is 3.74. The molecule has 6 heteroatoms. The molecule has 0 radical (unpaired) electrons. The van der Waals surface area contributed by atoms with Crippen LogP contribution in [0.15, 0.2) is 27.6 Å². The Balaban J connectivity index is 1.95. The molecule has 1 aliphatic heterocycles. The molecular weight excluding hydrogens is 348 g/mol. The zero-order valence-corrected chi connectivity index (χ0v) is 14.7. The van der Waals surface area contributed by atoms with Gasteiger partial charge >= 0.3 is 0 Å². The molecular formula is C15H19BrN4S. The summed E-state index contributed by atoms with van der Waals surface area (Å²) in [6.07, 6.45) is 0. The van der Waals surface area contributed by atoms with Crippen LogP contribution in [-0.4, -0.2) is 22.1 Å². The molecule has 4 nitrogen and oxygen atoms in total. The number of benzene rings is 1. The average molecular weight is 367 g/mol. The number of aryl methyl sites for hydroxylation is 2. The molecule has 3 rings (SSSR count). The summed E-state index contributed by atoms with van der Waals surface area (Å²) in [5.41, 5.74) is 10.3. The first-order valence-corrected chi connectivity index (χ1v) is 8.87. The first-order chi connectivity index (χ1) is 10.1. The Kier molecular flexibility index (Phi) is 4.17. The maximum Gasteiger partial charge on any atom is 0.0739 e. The van der Waals surface area contributed by atoms with E-state index < -0.39 is 0 Å². The minimum Gasteiger partial charge on any atom is -0.399 e. The number of rotatable bonds is 3. The lowest BCUT2D eigenvalue weighted by molar-refractivity contribution is 0.606. The van der Waals surface area contributed by atoms with E-state index in [1.54, 1.807) is 0 Å². The van der Waals surface area contributed by atoms with Crippen LogP contribution in [0.5, 0.6) is 0 Å². The number of thioether (sulfide) groups is 1. The summed E-state index contributed by atoms with van der Waals surface area (Å²) in [6.45, 7) is 6.93. The van der Waals surface area contributed by atoms with Crippen LogP contribution in [0.25, 0.3) is 0 Å². The van der Waals surface area contributed by atoms with Crippen LogP contribution < -0.4 is 10.6 Å². The molecule has 0 fully saturated rings. The van der Waals surface area contributed by atoms with Crippen molar-refractivity contribution in [3.8, 4) is 0 Å². The monoisotopic (exact) mass is 366 g/mol. The summed E-state index contributed by atoms with van der Waals surface area (Å²) >= 11 is 5.58. The molecule has 1 aliphatic rings. The molecule has 2 N–H and O–H groups in total. The van der Waals surface area contributed by atoms with Crippen molar-refractivity contribution in [3.05, 3.63) is 34.1 Å². The van der Waals surface area contributed by atoms with E-state index in [0.717, 1.165) is 41.2 Å². The highest BCUT2D eigenvalue weighted by molar-refractivity contribution is 9.10. The number of nitrogen functional groups attached to an aromatic ring is 1. The van der Waals surface area contributed by atoms with E-state index in [1.807, 2.05) is 24.8 Å². The summed E-state index contributed by atoms with van der Waals surface area (Å²) in [6, 6.07) is 6.18. The topological polar surface area (TPSA) is 47.1 Å². The summed E-state index contributed by atoms with van der Waals surface area (Å²) in [5.74, 6) is 1.10. The zero-order chi connectivity index (χ0) is 15.0. The molecule has 1 aromatic heterocycles. The number of anilines is 2. The van der Waals surface area contributed by atoms with Crippen LogP contribution in [0.3, 0.4) is 0 Å². The van der Waals surface area contributed by atoms with E-state index in [1.165, 1.54) is 16.3 Å². The standard InChI is InChI=1S/C15H19BrN4S/c1-3-20-13(15(16)10(2)18-20)9-19-6-7-21-14-5-4-11(17)8-12(14)19/h4-5,8H,3,6-7,9,17H2,1-2H3. The van der Waals surface area contributed by atoms with Crippen molar-refractivity contribution in [2.24, 2.45) is 0 Å². The molecule has 0 atom stereocenters. The van der Waals surface area contributed by atoms with Crippen LogP contribution in [0.2, 0.25) is 0 Å². The normalized spacial score (nSPS) is 14.3. The molecule has 2 aromatic rings. The second-order valence-electron chi connectivity index (χ2n) is 5.16. The van der Waals surface area contributed by atoms with E-state index in [0.29, 0.717) is 0 Å². The molecule has 21 heavy (non-hydrogen) atoms. The molecule has 0 unspecified atom stereocenters. The lowest BCUT2D eigenvalue weighted by atomic mass is 10.2. The molecule has 0 saturated carbocycles. The van der Waals surface area contributed by atoms with Gasteiger partial charge in [-0.1, -0.05) is 0 Å². The minimum absolute atomic E-state index is 0.820. The highest BCUT2D eigenvalue weighted by Gasteiger charge is 2.21. The van der Waals surface area contributed by atoms with Crippen LogP contribution in [-0.2, 0) is 13.1 Å². The van der Waals surface area contributed by atoms with Gasteiger partial charge in [0.05, 0.1) is 28.1 Å². The van der Waals surface area contributed by atoms with Crippen molar-refractivity contribution in [1.82, 2.24) is 9.78 Å². The number of hydrogen-bond donors (Lipinski definition) is 1. The number of halogens is 1. The maximum absolute atomic E-state index is 5.96. The van der Waals surface area contributed by atoms with Gasteiger partial charge in [0.1, 0.15) is 0 Å². The predicted octanol–water partition coefficient (Wildman–Crippen LogP) is 3.67. The first-order valence-electron chi connectivity index (χ1n) is 7.09. The van der Waals surface area contributed by atoms with Gasteiger partial charge in [-0.05, 0) is 48.0 Å². The fourth-order valence-electron chi connectivity index (χ4n) is 2.65. The third kappa shape index (κ3) is 2.79. The van der Waals surface area contributed by atoms with Crippen LogP contribution in [0.1, 0.15) is 18.3 Å². The Morgan fingerprint density at radius 3 is 3.00 bits per heavy atom. The SMILES string of the molecule is CCn1nc(C)c(Br)c1CN1CCSc2ccc(N)cc21. The van der Waals surface area contributed by atoms with Gasteiger partial charge in [0.15, 0.2) is 0 Å². The maximum atomic E-state index is 5.96. The van der Waals surface area contributed by atoms with Gasteiger partial charge in [0.25, 0.3) is 0 Å². The Morgan fingerprint density at radius 2 is 2.24 bits per heavy atom. The van der Waals surface area contributed by atoms with Crippen molar-refractivity contribution in [2.75, 3.05) is 22.9 Å². The van der Waals surface area contributed by atoms with E-state index in [-0.39, 0.29) is 0 Å². The molecule has 1 aromatic carbocycles. The van der Waals surface area contributed by atoms with Crippen molar-refractivity contribution in [1.29, 1.82) is 0 Å².